The maximum atomic E-state index is 2.60. The second kappa shape index (κ2) is 4.30. The molecule has 1 aliphatic heterocycles. The molecule has 0 aromatic heterocycles. The molecule has 2 aliphatic rings. The highest BCUT2D eigenvalue weighted by Gasteiger charge is 2.35. The number of rotatable bonds is 1. The topological polar surface area (TPSA) is 0 Å². The third-order valence-corrected chi connectivity index (χ3v) is 7.74. The molecule has 1 heterocycles. The van der Waals surface area contributed by atoms with Gasteiger partial charge >= 0.3 is 0 Å². The minimum Gasteiger partial charge on any atom is -0.101 e. The molecule has 0 bridgehead atoms. The Morgan fingerprint density at radius 3 is 1.92 bits per heavy atom. The van der Waals surface area contributed by atoms with Crippen LogP contribution in [0.15, 0.2) is 0 Å². The third kappa shape index (κ3) is 2.27. The van der Waals surface area contributed by atoms with E-state index in [9.17, 15) is 0 Å². The minimum absolute atomic E-state index is 0.428. The van der Waals surface area contributed by atoms with E-state index in [1.54, 1.807) is 38.0 Å². The third-order valence-electron chi connectivity index (χ3n) is 4.05. The van der Waals surface area contributed by atoms with E-state index in [-0.39, 0.29) is 0 Å². The van der Waals surface area contributed by atoms with Crippen LogP contribution in [-0.2, 0) is 0 Å². The van der Waals surface area contributed by atoms with Gasteiger partial charge < -0.3 is 0 Å². The summed E-state index contributed by atoms with van der Waals surface area (Å²) >= 11 is 0. The first kappa shape index (κ1) is 9.97. The van der Waals surface area contributed by atoms with Gasteiger partial charge in [-0.3, -0.25) is 0 Å². The van der Waals surface area contributed by atoms with E-state index in [4.69, 9.17) is 0 Å². The monoisotopic (exact) mass is 198 g/mol. The van der Waals surface area contributed by atoms with Crippen LogP contribution in [0.5, 0.6) is 0 Å². The fraction of sp³-hybridized carbons (Fsp3) is 1.00. The second-order valence-corrected chi connectivity index (χ2v) is 8.16. The van der Waals surface area contributed by atoms with E-state index >= 15 is 0 Å². The summed E-state index contributed by atoms with van der Waals surface area (Å²) in [5.74, 6) is 0. The zero-order valence-corrected chi connectivity index (χ0v) is 9.91. The SMILES string of the molecule is CC1(P2CCCCC2)CCCCC1. The normalized spacial score (nSPS) is 30.2. The Kier molecular flexibility index (Phi) is 3.30. The lowest BCUT2D eigenvalue weighted by Gasteiger charge is -2.43. The summed E-state index contributed by atoms with van der Waals surface area (Å²) in [5, 5.41) is 0.813. The fourth-order valence-corrected chi connectivity index (χ4v) is 6.53. The van der Waals surface area contributed by atoms with E-state index < -0.39 is 0 Å². The lowest BCUT2D eigenvalue weighted by atomic mass is 9.90. The first-order valence-electron chi connectivity index (χ1n) is 6.06. The fourth-order valence-electron chi connectivity index (χ4n) is 3.06. The Morgan fingerprint density at radius 2 is 1.31 bits per heavy atom. The zero-order chi connectivity index (χ0) is 9.15. The highest BCUT2D eigenvalue weighted by molar-refractivity contribution is 7.59. The Bertz CT molecular complexity index is 153. The quantitative estimate of drug-likeness (QED) is 0.549. The van der Waals surface area contributed by atoms with Crippen molar-refractivity contribution in [3.8, 4) is 0 Å². The van der Waals surface area contributed by atoms with Gasteiger partial charge in [-0.1, -0.05) is 32.6 Å². The lowest BCUT2D eigenvalue weighted by Crippen LogP contribution is -2.28. The van der Waals surface area contributed by atoms with E-state index in [2.05, 4.69) is 6.92 Å². The van der Waals surface area contributed by atoms with Gasteiger partial charge in [-0.2, -0.15) is 0 Å². The summed E-state index contributed by atoms with van der Waals surface area (Å²) in [6, 6.07) is 0. The van der Waals surface area contributed by atoms with Crippen LogP contribution < -0.4 is 0 Å². The molecule has 0 aromatic rings. The van der Waals surface area contributed by atoms with E-state index in [0.717, 1.165) is 5.16 Å². The smallest absolute Gasteiger partial charge is 0.0123 e. The van der Waals surface area contributed by atoms with E-state index in [1.807, 2.05) is 0 Å². The summed E-state index contributed by atoms with van der Waals surface area (Å²) in [4.78, 5) is 0. The Labute approximate surface area is 84.2 Å². The van der Waals surface area contributed by atoms with Crippen LogP contribution in [0.25, 0.3) is 0 Å². The average Bonchev–Trinajstić information content (AvgIpc) is 2.20. The van der Waals surface area contributed by atoms with Crippen LogP contribution in [-0.4, -0.2) is 17.5 Å². The molecular formula is C12H23P. The van der Waals surface area contributed by atoms with Gasteiger partial charge in [-0.25, -0.2) is 0 Å². The van der Waals surface area contributed by atoms with Gasteiger partial charge in [-0.15, -0.1) is 7.92 Å². The summed E-state index contributed by atoms with van der Waals surface area (Å²) in [7, 11) is 0.428. The molecule has 76 valence electrons. The van der Waals surface area contributed by atoms with Crippen molar-refractivity contribution in [2.75, 3.05) is 12.3 Å². The highest BCUT2D eigenvalue weighted by atomic mass is 31.1. The Morgan fingerprint density at radius 1 is 0.769 bits per heavy atom. The molecule has 1 aliphatic carbocycles. The molecule has 0 unspecified atom stereocenters. The molecule has 1 saturated heterocycles. The van der Waals surface area contributed by atoms with Crippen LogP contribution in [0.4, 0.5) is 0 Å². The summed E-state index contributed by atoms with van der Waals surface area (Å²) in [5.41, 5.74) is 0. The predicted molar refractivity (Wildman–Crippen MR) is 62.0 cm³/mol. The molecule has 0 N–H and O–H groups in total. The molecule has 1 saturated carbocycles. The van der Waals surface area contributed by atoms with Gasteiger partial charge in [0.1, 0.15) is 0 Å². The summed E-state index contributed by atoms with van der Waals surface area (Å²) < 4.78 is 0. The summed E-state index contributed by atoms with van der Waals surface area (Å²) in [6.45, 7) is 2.60. The second-order valence-electron chi connectivity index (χ2n) is 5.11. The van der Waals surface area contributed by atoms with Gasteiger partial charge in [-0.05, 0) is 43.2 Å². The Balaban J connectivity index is 1.94. The molecular weight excluding hydrogens is 175 g/mol. The highest BCUT2D eigenvalue weighted by Crippen LogP contribution is 2.58. The molecule has 0 spiro atoms. The molecule has 1 heteroatoms. The summed E-state index contributed by atoms with van der Waals surface area (Å²) in [6.07, 6.45) is 15.5. The van der Waals surface area contributed by atoms with Crippen molar-refractivity contribution in [2.45, 2.75) is 63.4 Å². The van der Waals surface area contributed by atoms with Crippen LogP contribution in [0.2, 0.25) is 0 Å². The molecule has 2 rings (SSSR count). The van der Waals surface area contributed by atoms with Crippen LogP contribution in [0.3, 0.4) is 0 Å². The first-order valence-corrected chi connectivity index (χ1v) is 7.78. The Hall–Kier alpha value is 0.430. The molecule has 0 aromatic carbocycles. The molecule has 0 atom stereocenters. The predicted octanol–water partition coefficient (Wildman–Crippen LogP) is 4.38. The molecule has 0 nitrogen and oxygen atoms in total. The van der Waals surface area contributed by atoms with Crippen LogP contribution in [0.1, 0.15) is 58.3 Å². The average molecular weight is 198 g/mol. The molecule has 2 fully saturated rings. The zero-order valence-electron chi connectivity index (χ0n) is 9.02. The standard InChI is InChI=1S/C12H23P/c1-12(8-4-2-5-9-12)13-10-6-3-7-11-13/h2-11H2,1H3. The minimum atomic E-state index is 0.428. The maximum Gasteiger partial charge on any atom is -0.0123 e. The van der Waals surface area contributed by atoms with Gasteiger partial charge in [0.25, 0.3) is 0 Å². The van der Waals surface area contributed by atoms with Crippen molar-refractivity contribution in [1.29, 1.82) is 0 Å². The van der Waals surface area contributed by atoms with E-state index in [1.165, 1.54) is 25.7 Å². The first-order chi connectivity index (χ1) is 6.31. The van der Waals surface area contributed by atoms with Crippen molar-refractivity contribution in [3.63, 3.8) is 0 Å². The van der Waals surface area contributed by atoms with E-state index in [0.29, 0.717) is 7.92 Å². The number of hydrogen-bond donors (Lipinski definition) is 0. The van der Waals surface area contributed by atoms with Gasteiger partial charge in [0.05, 0.1) is 0 Å². The van der Waals surface area contributed by atoms with Crippen molar-refractivity contribution in [3.05, 3.63) is 0 Å². The van der Waals surface area contributed by atoms with Crippen LogP contribution >= 0.6 is 7.92 Å². The van der Waals surface area contributed by atoms with Gasteiger partial charge in [0.2, 0.25) is 0 Å². The van der Waals surface area contributed by atoms with Crippen molar-refractivity contribution < 1.29 is 0 Å². The lowest BCUT2D eigenvalue weighted by molar-refractivity contribution is 0.411. The molecule has 13 heavy (non-hydrogen) atoms. The van der Waals surface area contributed by atoms with Gasteiger partial charge in [0, 0.05) is 0 Å². The number of hydrogen-bond acceptors (Lipinski definition) is 0. The van der Waals surface area contributed by atoms with Crippen molar-refractivity contribution in [2.24, 2.45) is 0 Å². The largest absolute Gasteiger partial charge is 0.101 e. The van der Waals surface area contributed by atoms with Gasteiger partial charge in [0.15, 0.2) is 0 Å². The molecule has 0 radical (unpaired) electrons. The van der Waals surface area contributed by atoms with Crippen molar-refractivity contribution >= 4 is 7.92 Å². The molecule has 0 amide bonds. The maximum absolute atomic E-state index is 2.60. The van der Waals surface area contributed by atoms with Crippen LogP contribution in [0, 0.1) is 0 Å². The van der Waals surface area contributed by atoms with Crippen molar-refractivity contribution in [1.82, 2.24) is 0 Å².